The summed E-state index contributed by atoms with van der Waals surface area (Å²) in [6, 6.07) is 8.15. The van der Waals surface area contributed by atoms with E-state index in [1.807, 2.05) is 0 Å². The Bertz CT molecular complexity index is 355. The van der Waals surface area contributed by atoms with Gasteiger partial charge < -0.3 is 9.79 Å². The third kappa shape index (κ3) is 3.81. The number of Topliss-reactive ketones (excluding diaryl/α,β-unsaturated/α-hetero) is 1. The molecule has 0 atom stereocenters. The van der Waals surface area contributed by atoms with Crippen LogP contribution in [0.1, 0.15) is 10.4 Å². The van der Waals surface area contributed by atoms with Crippen molar-refractivity contribution in [1.29, 1.82) is 0 Å². The number of ketones is 1. The summed E-state index contributed by atoms with van der Waals surface area (Å²) in [5.74, 6) is -0.464. The van der Waals surface area contributed by atoms with Gasteiger partial charge in [0.25, 0.3) is 0 Å². The van der Waals surface area contributed by atoms with Gasteiger partial charge in [0, 0.05) is 5.56 Å². The molecule has 0 fully saturated rings. The number of rotatable bonds is 4. The van der Waals surface area contributed by atoms with Crippen molar-refractivity contribution in [2.75, 3.05) is 6.61 Å². The zero-order valence-corrected chi connectivity index (χ0v) is 8.05. The summed E-state index contributed by atoms with van der Waals surface area (Å²) in [6.07, 6.45) is 0. The Morgan fingerprint density at radius 2 is 1.86 bits per heavy atom. The molecule has 0 radical (unpaired) electrons. The summed E-state index contributed by atoms with van der Waals surface area (Å²) in [5, 5.41) is 0. The molecule has 5 nitrogen and oxygen atoms in total. The Morgan fingerprint density at radius 1 is 1.29 bits per heavy atom. The highest BCUT2D eigenvalue weighted by Crippen LogP contribution is 2.35. The van der Waals surface area contributed by atoms with E-state index in [2.05, 4.69) is 4.52 Å². The van der Waals surface area contributed by atoms with Crippen LogP contribution in [0.4, 0.5) is 0 Å². The van der Waals surface area contributed by atoms with Crippen molar-refractivity contribution in [3.05, 3.63) is 35.9 Å². The highest BCUT2D eigenvalue weighted by molar-refractivity contribution is 7.46. The minimum atomic E-state index is -4.56. The molecule has 0 aromatic heterocycles. The molecule has 14 heavy (non-hydrogen) atoms. The Hall–Kier alpha value is -1.00. The fraction of sp³-hybridized carbons (Fsp3) is 0.125. The van der Waals surface area contributed by atoms with Crippen LogP contribution in [-0.2, 0) is 9.09 Å². The van der Waals surface area contributed by atoms with Crippen LogP contribution in [0.3, 0.4) is 0 Å². The summed E-state index contributed by atoms with van der Waals surface area (Å²) >= 11 is 0. The molecule has 1 aromatic carbocycles. The summed E-state index contributed by atoms with van der Waals surface area (Å²) < 4.78 is 14.3. The van der Waals surface area contributed by atoms with E-state index in [0.717, 1.165) is 0 Å². The molecule has 0 aliphatic carbocycles. The molecule has 1 rings (SSSR count). The topological polar surface area (TPSA) is 83.8 Å². The van der Waals surface area contributed by atoms with E-state index in [1.54, 1.807) is 30.3 Å². The second-order valence-electron chi connectivity index (χ2n) is 2.55. The highest BCUT2D eigenvalue weighted by atomic mass is 31.2. The SMILES string of the molecule is O=C(COP(=O)(O)O)c1ccccc1. The lowest BCUT2D eigenvalue weighted by atomic mass is 10.1. The van der Waals surface area contributed by atoms with Gasteiger partial charge in [-0.05, 0) is 0 Å². The van der Waals surface area contributed by atoms with Gasteiger partial charge in [-0.2, -0.15) is 0 Å². The lowest BCUT2D eigenvalue weighted by Crippen LogP contribution is -2.07. The second-order valence-corrected chi connectivity index (χ2v) is 3.79. The van der Waals surface area contributed by atoms with Crippen molar-refractivity contribution in [2.24, 2.45) is 0 Å². The van der Waals surface area contributed by atoms with Crippen LogP contribution in [0.2, 0.25) is 0 Å². The molecular formula is C8H9O5P. The molecule has 0 aliphatic heterocycles. The van der Waals surface area contributed by atoms with E-state index in [-0.39, 0.29) is 0 Å². The van der Waals surface area contributed by atoms with Crippen LogP contribution in [0, 0.1) is 0 Å². The summed E-state index contributed by atoms with van der Waals surface area (Å²) in [5.41, 5.74) is 0.362. The number of carbonyl (C=O) groups excluding carboxylic acids is 1. The van der Waals surface area contributed by atoms with Crippen molar-refractivity contribution in [2.45, 2.75) is 0 Å². The van der Waals surface area contributed by atoms with E-state index in [1.165, 1.54) is 0 Å². The number of benzene rings is 1. The minimum absolute atomic E-state index is 0.362. The van der Waals surface area contributed by atoms with Crippen LogP contribution in [0.15, 0.2) is 30.3 Å². The maximum atomic E-state index is 11.2. The van der Waals surface area contributed by atoms with Crippen LogP contribution < -0.4 is 0 Å². The number of phosphoric ester groups is 1. The first-order valence-corrected chi connectivity index (χ1v) is 5.30. The quantitative estimate of drug-likeness (QED) is 0.578. The predicted molar refractivity (Wildman–Crippen MR) is 48.8 cm³/mol. The average Bonchev–Trinajstić information content (AvgIpc) is 2.14. The van der Waals surface area contributed by atoms with Crippen LogP contribution in [-0.4, -0.2) is 22.2 Å². The summed E-state index contributed by atoms with van der Waals surface area (Å²) in [4.78, 5) is 27.9. The van der Waals surface area contributed by atoms with Crippen LogP contribution in [0.5, 0.6) is 0 Å². The van der Waals surface area contributed by atoms with Crippen molar-refractivity contribution in [3.63, 3.8) is 0 Å². The molecule has 0 unspecified atom stereocenters. The van der Waals surface area contributed by atoms with Crippen molar-refractivity contribution >= 4 is 13.6 Å². The molecule has 0 saturated carbocycles. The van der Waals surface area contributed by atoms with Crippen LogP contribution in [0.25, 0.3) is 0 Å². The largest absolute Gasteiger partial charge is 0.470 e. The first-order valence-electron chi connectivity index (χ1n) is 3.77. The smallest absolute Gasteiger partial charge is 0.303 e. The van der Waals surface area contributed by atoms with Gasteiger partial charge in [0.05, 0.1) is 0 Å². The molecular weight excluding hydrogens is 207 g/mol. The fourth-order valence-electron chi connectivity index (χ4n) is 0.850. The molecule has 6 heteroatoms. The van der Waals surface area contributed by atoms with Gasteiger partial charge in [-0.25, -0.2) is 4.57 Å². The Labute approximate surface area is 80.6 Å². The average molecular weight is 216 g/mol. The van der Waals surface area contributed by atoms with Gasteiger partial charge in [-0.1, -0.05) is 30.3 Å². The molecule has 0 amide bonds. The number of phosphoric acid groups is 1. The molecule has 0 spiro atoms. The van der Waals surface area contributed by atoms with Gasteiger partial charge in [0.1, 0.15) is 6.61 Å². The van der Waals surface area contributed by atoms with E-state index in [9.17, 15) is 9.36 Å². The molecule has 76 valence electrons. The lowest BCUT2D eigenvalue weighted by Gasteiger charge is -2.03. The third-order valence-electron chi connectivity index (χ3n) is 1.46. The van der Waals surface area contributed by atoms with E-state index in [4.69, 9.17) is 9.79 Å². The summed E-state index contributed by atoms with van der Waals surface area (Å²) in [7, 11) is -4.56. The third-order valence-corrected chi connectivity index (χ3v) is 1.93. The first-order chi connectivity index (χ1) is 6.49. The molecule has 0 aliphatic rings. The number of hydrogen-bond acceptors (Lipinski definition) is 3. The van der Waals surface area contributed by atoms with Crippen LogP contribution >= 0.6 is 7.82 Å². The zero-order valence-electron chi connectivity index (χ0n) is 7.16. The predicted octanol–water partition coefficient (Wildman–Crippen LogP) is 0.979. The lowest BCUT2D eigenvalue weighted by molar-refractivity contribution is 0.0884. The molecule has 0 bridgehead atoms. The Balaban J connectivity index is 2.57. The number of hydrogen-bond donors (Lipinski definition) is 2. The van der Waals surface area contributed by atoms with Gasteiger partial charge in [-0.3, -0.25) is 9.32 Å². The highest BCUT2D eigenvalue weighted by Gasteiger charge is 2.16. The zero-order chi connectivity index (χ0) is 10.6. The maximum absolute atomic E-state index is 11.2. The van der Waals surface area contributed by atoms with E-state index >= 15 is 0 Å². The second kappa shape index (κ2) is 4.48. The van der Waals surface area contributed by atoms with Crippen molar-refractivity contribution < 1.29 is 23.7 Å². The minimum Gasteiger partial charge on any atom is -0.303 e. The fourth-order valence-corrected chi connectivity index (χ4v) is 1.14. The first kappa shape index (κ1) is 11.1. The molecule has 0 heterocycles. The maximum Gasteiger partial charge on any atom is 0.470 e. The Morgan fingerprint density at radius 3 is 2.36 bits per heavy atom. The van der Waals surface area contributed by atoms with E-state index < -0.39 is 20.2 Å². The van der Waals surface area contributed by atoms with Gasteiger partial charge >= 0.3 is 7.82 Å². The van der Waals surface area contributed by atoms with Gasteiger partial charge in [0.2, 0.25) is 0 Å². The van der Waals surface area contributed by atoms with Crippen molar-refractivity contribution in [1.82, 2.24) is 0 Å². The monoisotopic (exact) mass is 216 g/mol. The standard InChI is InChI=1S/C8H9O5P/c9-8(6-13-14(10,11)12)7-4-2-1-3-5-7/h1-5H,6H2,(H2,10,11,12). The van der Waals surface area contributed by atoms with Gasteiger partial charge in [0.15, 0.2) is 5.78 Å². The van der Waals surface area contributed by atoms with Crippen molar-refractivity contribution in [3.8, 4) is 0 Å². The Kier molecular flexibility index (Phi) is 3.55. The molecule has 2 N–H and O–H groups in total. The number of carbonyl (C=O) groups is 1. The molecule has 0 saturated heterocycles. The normalized spacial score (nSPS) is 11.3. The van der Waals surface area contributed by atoms with E-state index in [0.29, 0.717) is 5.56 Å². The van der Waals surface area contributed by atoms with Gasteiger partial charge in [-0.15, -0.1) is 0 Å². The summed E-state index contributed by atoms with van der Waals surface area (Å²) in [6.45, 7) is -0.617. The molecule has 1 aromatic rings.